The Hall–Kier alpha value is -1.88. The summed E-state index contributed by atoms with van der Waals surface area (Å²) in [5.41, 5.74) is 0.648. The van der Waals surface area contributed by atoms with Crippen LogP contribution in [0, 0.1) is 0 Å². The van der Waals surface area contributed by atoms with Gasteiger partial charge >= 0.3 is 0 Å². The number of carbonyl (C=O) groups is 1. The maximum absolute atomic E-state index is 12.2. The smallest absolute Gasteiger partial charge is 0.275 e. The molecule has 0 atom stereocenters. The number of aryl methyl sites for hydroxylation is 1. The predicted octanol–water partition coefficient (Wildman–Crippen LogP) is -0.406. The van der Waals surface area contributed by atoms with E-state index in [9.17, 15) is 9.59 Å². The van der Waals surface area contributed by atoms with Gasteiger partial charge in [0.1, 0.15) is 5.01 Å². The highest BCUT2D eigenvalue weighted by molar-refractivity contribution is 7.16. The molecule has 2 aromatic heterocycles. The van der Waals surface area contributed by atoms with Gasteiger partial charge < -0.3 is 10.1 Å². The van der Waals surface area contributed by atoms with Crippen molar-refractivity contribution in [3.63, 3.8) is 0 Å². The van der Waals surface area contributed by atoms with Crippen molar-refractivity contribution in [2.45, 2.75) is 19.9 Å². The molecule has 1 aliphatic rings. The van der Waals surface area contributed by atoms with E-state index in [0.29, 0.717) is 31.2 Å². The lowest BCUT2D eigenvalue weighted by molar-refractivity contribution is -0.122. The average molecular weight is 395 g/mol. The molecule has 3 heterocycles. The van der Waals surface area contributed by atoms with Gasteiger partial charge in [-0.1, -0.05) is 18.3 Å². The number of nitrogens with one attached hydrogen (secondary N) is 1. The molecule has 0 bridgehead atoms. The summed E-state index contributed by atoms with van der Waals surface area (Å²) in [6, 6.07) is 1.57. The Morgan fingerprint density at radius 1 is 1.30 bits per heavy atom. The average Bonchev–Trinajstić information content (AvgIpc) is 3.07. The quantitative estimate of drug-likeness (QED) is 0.609. The number of rotatable bonds is 8. The maximum atomic E-state index is 12.2. The lowest BCUT2D eigenvalue weighted by Gasteiger charge is -2.34. The maximum Gasteiger partial charge on any atom is 0.275 e. The first-order chi connectivity index (χ1) is 13.1. The first-order valence-corrected chi connectivity index (χ1v) is 9.99. The number of carbonyl (C=O) groups excluding carboxylic acids is 1. The van der Waals surface area contributed by atoms with Crippen molar-refractivity contribution in [3.8, 4) is 0 Å². The van der Waals surface area contributed by atoms with Crippen molar-refractivity contribution in [2.75, 3.05) is 53.0 Å². The SMILES string of the molecule is CCc1nn2c(=O)cc(CN3CCN(CC(=O)NCCOC)CC3)nc2s1. The molecule has 1 aliphatic heterocycles. The van der Waals surface area contributed by atoms with Gasteiger partial charge in [0.15, 0.2) is 0 Å². The van der Waals surface area contributed by atoms with Crippen molar-refractivity contribution in [2.24, 2.45) is 0 Å². The van der Waals surface area contributed by atoms with Crippen LogP contribution in [0.4, 0.5) is 0 Å². The number of hydrogen-bond acceptors (Lipinski definition) is 8. The fraction of sp³-hybridized carbons (Fsp3) is 0.647. The standard InChI is InChI=1S/C17H26N6O3S/c1-3-15-20-23-16(25)10-13(19-17(23)27-15)11-21-5-7-22(8-6-21)12-14(24)18-4-9-26-2/h10H,3-9,11-12H2,1-2H3,(H,18,24). The Balaban J connectivity index is 1.51. The highest BCUT2D eigenvalue weighted by Gasteiger charge is 2.20. The van der Waals surface area contributed by atoms with Gasteiger partial charge in [-0.05, 0) is 6.42 Å². The number of nitrogens with zero attached hydrogens (tertiary/aromatic N) is 5. The third-order valence-electron chi connectivity index (χ3n) is 4.49. The van der Waals surface area contributed by atoms with Crippen LogP contribution in [0.3, 0.4) is 0 Å². The molecule has 1 amide bonds. The van der Waals surface area contributed by atoms with E-state index in [0.717, 1.165) is 43.3 Å². The molecule has 9 nitrogen and oxygen atoms in total. The zero-order chi connectivity index (χ0) is 19.2. The van der Waals surface area contributed by atoms with E-state index < -0.39 is 0 Å². The minimum Gasteiger partial charge on any atom is -0.383 e. The van der Waals surface area contributed by atoms with Gasteiger partial charge in [0.25, 0.3) is 5.56 Å². The normalized spacial score (nSPS) is 16.1. The number of methoxy groups -OCH3 is 1. The molecular weight excluding hydrogens is 368 g/mol. The van der Waals surface area contributed by atoms with Crippen LogP contribution < -0.4 is 10.9 Å². The van der Waals surface area contributed by atoms with Crippen LogP contribution in [-0.4, -0.2) is 83.3 Å². The van der Waals surface area contributed by atoms with Crippen molar-refractivity contribution >= 4 is 22.2 Å². The Labute approximate surface area is 161 Å². The van der Waals surface area contributed by atoms with Gasteiger partial charge in [-0.3, -0.25) is 19.4 Å². The van der Waals surface area contributed by atoms with Crippen LogP contribution in [-0.2, 0) is 22.5 Å². The van der Waals surface area contributed by atoms with E-state index in [2.05, 4.69) is 25.2 Å². The van der Waals surface area contributed by atoms with Crippen molar-refractivity contribution < 1.29 is 9.53 Å². The number of amides is 1. The highest BCUT2D eigenvalue weighted by Crippen LogP contribution is 2.13. The summed E-state index contributed by atoms with van der Waals surface area (Å²) in [6.07, 6.45) is 0.795. The van der Waals surface area contributed by atoms with Crippen molar-refractivity contribution in [1.29, 1.82) is 0 Å². The molecule has 148 valence electrons. The summed E-state index contributed by atoms with van der Waals surface area (Å²) in [5.74, 6) is 0.0255. The first kappa shape index (κ1) is 19.9. The zero-order valence-corrected chi connectivity index (χ0v) is 16.6. The molecule has 3 rings (SSSR count). The molecule has 0 radical (unpaired) electrons. The Morgan fingerprint density at radius 3 is 2.74 bits per heavy atom. The molecule has 1 fully saturated rings. The second-order valence-corrected chi connectivity index (χ2v) is 7.57. The highest BCUT2D eigenvalue weighted by atomic mass is 32.1. The van der Waals surface area contributed by atoms with E-state index in [1.807, 2.05) is 6.92 Å². The minimum atomic E-state index is -0.127. The number of aromatic nitrogens is 3. The third kappa shape index (κ3) is 5.32. The predicted molar refractivity (Wildman–Crippen MR) is 103 cm³/mol. The van der Waals surface area contributed by atoms with Gasteiger partial charge in [0.2, 0.25) is 10.9 Å². The fourth-order valence-electron chi connectivity index (χ4n) is 3.01. The van der Waals surface area contributed by atoms with E-state index in [1.165, 1.54) is 15.9 Å². The topological polar surface area (TPSA) is 92.1 Å². The zero-order valence-electron chi connectivity index (χ0n) is 15.8. The monoisotopic (exact) mass is 394 g/mol. The molecular formula is C17H26N6O3S. The number of hydrogen-bond donors (Lipinski definition) is 1. The molecule has 0 spiro atoms. The first-order valence-electron chi connectivity index (χ1n) is 9.18. The van der Waals surface area contributed by atoms with E-state index >= 15 is 0 Å². The number of piperazine rings is 1. The van der Waals surface area contributed by atoms with Crippen LogP contribution in [0.5, 0.6) is 0 Å². The van der Waals surface area contributed by atoms with Crippen LogP contribution in [0.2, 0.25) is 0 Å². The summed E-state index contributed by atoms with van der Waals surface area (Å²) in [6.45, 7) is 7.44. The van der Waals surface area contributed by atoms with Crippen LogP contribution in [0.1, 0.15) is 17.6 Å². The van der Waals surface area contributed by atoms with Crippen LogP contribution in [0.15, 0.2) is 10.9 Å². The second kappa shape index (κ2) is 9.36. The van der Waals surface area contributed by atoms with Gasteiger partial charge in [0.05, 0.1) is 18.8 Å². The van der Waals surface area contributed by atoms with E-state index in [1.54, 1.807) is 13.2 Å². The largest absolute Gasteiger partial charge is 0.383 e. The second-order valence-electron chi connectivity index (χ2n) is 6.52. The summed E-state index contributed by atoms with van der Waals surface area (Å²) >= 11 is 1.46. The molecule has 10 heteroatoms. The lowest BCUT2D eigenvalue weighted by Crippen LogP contribution is -2.49. The van der Waals surface area contributed by atoms with Gasteiger partial charge in [-0.25, -0.2) is 4.98 Å². The number of fused-ring (bicyclic) bond motifs is 1. The molecule has 2 aromatic rings. The third-order valence-corrected chi connectivity index (χ3v) is 5.54. The summed E-state index contributed by atoms with van der Waals surface area (Å²) in [5, 5.41) is 8.03. The molecule has 27 heavy (non-hydrogen) atoms. The Bertz CT molecular complexity index is 828. The van der Waals surface area contributed by atoms with Gasteiger partial charge in [-0.2, -0.15) is 9.61 Å². The fourth-order valence-corrected chi connectivity index (χ4v) is 3.86. The van der Waals surface area contributed by atoms with E-state index in [4.69, 9.17) is 4.74 Å². The molecule has 0 unspecified atom stereocenters. The molecule has 0 aromatic carbocycles. The van der Waals surface area contributed by atoms with E-state index in [-0.39, 0.29) is 11.5 Å². The lowest BCUT2D eigenvalue weighted by atomic mass is 10.2. The Kier molecular flexibility index (Phi) is 6.89. The van der Waals surface area contributed by atoms with Gasteiger partial charge in [0, 0.05) is 52.4 Å². The van der Waals surface area contributed by atoms with Crippen LogP contribution >= 0.6 is 11.3 Å². The Morgan fingerprint density at radius 2 is 2.04 bits per heavy atom. The van der Waals surface area contributed by atoms with Crippen LogP contribution in [0.25, 0.3) is 4.96 Å². The minimum absolute atomic E-state index is 0.0255. The molecule has 1 N–H and O–H groups in total. The summed E-state index contributed by atoms with van der Waals surface area (Å²) in [7, 11) is 1.62. The van der Waals surface area contributed by atoms with Crippen molar-refractivity contribution in [1.82, 2.24) is 29.7 Å². The molecule has 0 saturated carbocycles. The number of ether oxygens (including phenoxy) is 1. The molecule has 0 aliphatic carbocycles. The summed E-state index contributed by atoms with van der Waals surface area (Å²) in [4.78, 5) is 33.8. The van der Waals surface area contributed by atoms with Crippen molar-refractivity contribution in [3.05, 3.63) is 27.1 Å². The molecule has 1 saturated heterocycles. The van der Waals surface area contributed by atoms with Gasteiger partial charge in [-0.15, -0.1) is 0 Å². The summed E-state index contributed by atoms with van der Waals surface area (Å²) < 4.78 is 6.31.